The van der Waals surface area contributed by atoms with E-state index in [9.17, 15) is 9.59 Å². The van der Waals surface area contributed by atoms with Gasteiger partial charge in [-0.2, -0.15) is 0 Å². The standard InChI is InChI=1S/C15H14N6O4S/c1-24-9-4-2-8(3-5-9)21-13(14(23)25-20-21)10(22)7-26-15-18-11(16)6-12(17)19-15/h2-6H,7H2,1H3,(H4-,16,17,18,19,20,22,23)/p+1. The third kappa shape index (κ3) is 3.67. The first-order chi connectivity index (χ1) is 12.5. The molecule has 1 aromatic carbocycles. The second kappa shape index (κ2) is 7.27. The maximum absolute atomic E-state index is 12.5. The Morgan fingerprint density at radius 3 is 2.54 bits per heavy atom. The molecule has 0 amide bonds. The average molecular weight is 375 g/mol. The number of carbonyl (C=O) groups excluding carboxylic acids is 1. The molecule has 0 atom stereocenters. The fraction of sp³-hybridized carbons (Fsp3) is 0.133. The van der Waals surface area contributed by atoms with Gasteiger partial charge in [0.1, 0.15) is 17.4 Å². The van der Waals surface area contributed by atoms with Crippen LogP contribution in [0.3, 0.4) is 0 Å². The number of anilines is 2. The number of hydrogen-bond acceptors (Lipinski definition) is 9. The molecular formula is C15H15N6O4S+. The molecular weight excluding hydrogens is 360 g/mol. The minimum Gasteiger partial charge on any atom is -0.497 e. The molecule has 0 bridgehead atoms. The maximum Gasteiger partial charge on any atom is 0.438 e. The van der Waals surface area contributed by atoms with Crippen LogP contribution in [0, 0.1) is 0 Å². The van der Waals surface area contributed by atoms with Crippen LogP contribution in [-0.2, 0) is 0 Å². The quantitative estimate of drug-likeness (QED) is 0.237. The number of nitrogens with one attached hydrogen (secondary N) is 1. The summed E-state index contributed by atoms with van der Waals surface area (Å²) >= 11 is 1.01. The zero-order chi connectivity index (χ0) is 18.7. The number of ketones is 1. The highest BCUT2D eigenvalue weighted by Crippen LogP contribution is 2.17. The molecule has 0 saturated heterocycles. The van der Waals surface area contributed by atoms with Crippen molar-refractivity contribution in [2.24, 2.45) is 0 Å². The minimum atomic E-state index is -0.778. The van der Waals surface area contributed by atoms with Crippen molar-refractivity contribution in [2.75, 3.05) is 24.3 Å². The molecule has 10 nitrogen and oxygen atoms in total. The van der Waals surface area contributed by atoms with Crippen LogP contribution in [0.1, 0.15) is 10.5 Å². The van der Waals surface area contributed by atoms with Crippen molar-refractivity contribution in [3.05, 3.63) is 46.4 Å². The van der Waals surface area contributed by atoms with Crippen molar-refractivity contribution in [3.8, 4) is 11.4 Å². The smallest absolute Gasteiger partial charge is 0.438 e. The Kier molecular flexibility index (Phi) is 4.89. The number of aromatic nitrogens is 4. The fourth-order valence-corrected chi connectivity index (χ4v) is 2.89. The number of nitrogens with two attached hydrogens (primary N) is 2. The number of benzene rings is 1. The first-order valence-electron chi connectivity index (χ1n) is 7.32. The molecule has 0 aliphatic heterocycles. The van der Waals surface area contributed by atoms with E-state index in [-0.39, 0.29) is 28.2 Å². The Labute approximate surface area is 151 Å². The summed E-state index contributed by atoms with van der Waals surface area (Å²) in [5.74, 6) is 0.469. The normalized spacial score (nSPS) is 10.7. The van der Waals surface area contributed by atoms with Crippen molar-refractivity contribution in [2.45, 2.75) is 5.16 Å². The van der Waals surface area contributed by atoms with E-state index in [1.165, 1.54) is 10.7 Å². The van der Waals surface area contributed by atoms with E-state index >= 15 is 0 Å². The molecule has 0 spiro atoms. The number of nitrogens with zero attached hydrogens (tertiary/aromatic N) is 3. The summed E-state index contributed by atoms with van der Waals surface area (Å²) < 4.78 is 11.1. The highest BCUT2D eigenvalue weighted by Gasteiger charge is 2.30. The lowest BCUT2D eigenvalue weighted by molar-refractivity contribution is -0.672. The van der Waals surface area contributed by atoms with Gasteiger partial charge in [0.05, 0.1) is 12.9 Å². The Morgan fingerprint density at radius 1 is 1.27 bits per heavy atom. The summed E-state index contributed by atoms with van der Waals surface area (Å²) in [5.41, 5.74) is 10.8. The van der Waals surface area contributed by atoms with Crippen LogP contribution in [-0.4, -0.2) is 33.9 Å². The van der Waals surface area contributed by atoms with Gasteiger partial charge in [0, 0.05) is 18.2 Å². The Hall–Kier alpha value is -3.34. The van der Waals surface area contributed by atoms with Gasteiger partial charge < -0.3 is 16.2 Å². The van der Waals surface area contributed by atoms with E-state index in [2.05, 4.69) is 15.2 Å². The van der Waals surface area contributed by atoms with Gasteiger partial charge in [-0.3, -0.25) is 9.32 Å². The molecule has 5 N–H and O–H groups in total. The van der Waals surface area contributed by atoms with Gasteiger partial charge in [-0.05, 0) is 22.1 Å². The van der Waals surface area contributed by atoms with Gasteiger partial charge in [-0.15, -0.1) is 0 Å². The first-order valence-corrected chi connectivity index (χ1v) is 8.30. The first kappa shape index (κ1) is 17.5. The summed E-state index contributed by atoms with van der Waals surface area (Å²) in [6.45, 7) is 0. The van der Waals surface area contributed by atoms with Gasteiger partial charge in [0.2, 0.25) is 11.5 Å². The Bertz CT molecular complexity index is 978. The van der Waals surface area contributed by atoms with Crippen molar-refractivity contribution < 1.29 is 18.7 Å². The van der Waals surface area contributed by atoms with Gasteiger partial charge in [-0.1, -0.05) is 11.8 Å². The van der Waals surface area contributed by atoms with E-state index in [0.29, 0.717) is 11.4 Å². The molecule has 11 heteroatoms. The third-order valence-electron chi connectivity index (χ3n) is 3.32. The Morgan fingerprint density at radius 2 is 1.92 bits per heavy atom. The molecule has 0 aliphatic carbocycles. The monoisotopic (exact) mass is 375 g/mol. The highest BCUT2D eigenvalue weighted by molar-refractivity contribution is 7.99. The van der Waals surface area contributed by atoms with Crippen LogP contribution in [0.4, 0.5) is 11.6 Å². The van der Waals surface area contributed by atoms with Gasteiger partial charge in [0.15, 0.2) is 5.16 Å². The average Bonchev–Trinajstić information content (AvgIpc) is 3.00. The third-order valence-corrected chi connectivity index (χ3v) is 4.17. The van der Waals surface area contributed by atoms with Crippen LogP contribution in [0.25, 0.3) is 5.69 Å². The molecule has 0 fully saturated rings. The minimum absolute atomic E-state index is 0.0956. The number of hydrogen-bond donors (Lipinski definition) is 3. The summed E-state index contributed by atoms with van der Waals surface area (Å²) in [7, 11) is 1.54. The summed E-state index contributed by atoms with van der Waals surface area (Å²) in [4.78, 5) is 32.4. The summed E-state index contributed by atoms with van der Waals surface area (Å²) in [6.07, 6.45) is 0. The molecule has 0 unspecified atom stereocenters. The molecule has 0 saturated carbocycles. The Balaban J connectivity index is 1.83. The number of nitrogen functional groups attached to an aromatic ring is 2. The molecule has 2 aromatic heterocycles. The number of Topliss-reactive ketones (excluding diaryl/α,β-unsaturated/α-hetero) is 1. The zero-order valence-corrected chi connectivity index (χ0v) is 14.4. The molecule has 0 aliphatic rings. The van der Waals surface area contributed by atoms with Gasteiger partial charge in [-0.25, -0.2) is 14.8 Å². The number of methoxy groups -OCH3 is 1. The molecule has 2 heterocycles. The summed E-state index contributed by atoms with van der Waals surface area (Å²) in [6, 6.07) is 8.15. The predicted octanol–water partition coefficient (Wildman–Crippen LogP) is 0.183. The second-order valence-electron chi connectivity index (χ2n) is 5.07. The van der Waals surface area contributed by atoms with Crippen LogP contribution in [0.5, 0.6) is 5.75 Å². The maximum atomic E-state index is 12.5. The second-order valence-corrected chi connectivity index (χ2v) is 6.02. The van der Waals surface area contributed by atoms with Crippen molar-refractivity contribution >= 4 is 29.2 Å². The number of carbonyl (C=O) groups is 1. The number of rotatable bonds is 6. The van der Waals surface area contributed by atoms with Gasteiger partial charge in [0.25, 0.3) is 0 Å². The summed E-state index contributed by atoms with van der Waals surface area (Å²) in [5, 5.41) is 2.65. The van der Waals surface area contributed by atoms with E-state index < -0.39 is 11.4 Å². The van der Waals surface area contributed by atoms with E-state index in [0.717, 1.165) is 11.8 Å². The van der Waals surface area contributed by atoms with Gasteiger partial charge >= 0.3 is 11.3 Å². The molecule has 3 rings (SSSR count). The predicted molar refractivity (Wildman–Crippen MR) is 93.3 cm³/mol. The largest absolute Gasteiger partial charge is 0.497 e. The van der Waals surface area contributed by atoms with E-state index in [1.54, 1.807) is 31.4 Å². The number of H-pyrrole nitrogens is 1. The fourth-order valence-electron chi connectivity index (χ4n) is 2.15. The van der Waals surface area contributed by atoms with Crippen molar-refractivity contribution in [1.82, 2.24) is 15.2 Å². The number of ether oxygens (including phenoxy) is 1. The lowest BCUT2D eigenvalue weighted by atomic mass is 10.2. The van der Waals surface area contributed by atoms with Crippen molar-refractivity contribution in [1.29, 1.82) is 0 Å². The molecule has 26 heavy (non-hydrogen) atoms. The van der Waals surface area contributed by atoms with Crippen molar-refractivity contribution in [3.63, 3.8) is 0 Å². The lowest BCUT2D eigenvalue weighted by Crippen LogP contribution is -2.41. The molecule has 134 valence electrons. The topological polar surface area (TPSA) is 154 Å². The van der Waals surface area contributed by atoms with Crippen LogP contribution in [0.2, 0.25) is 0 Å². The highest BCUT2D eigenvalue weighted by atomic mass is 32.2. The van der Waals surface area contributed by atoms with Crippen LogP contribution < -0.4 is 26.5 Å². The number of thioether (sulfide) groups is 1. The van der Waals surface area contributed by atoms with Crippen LogP contribution in [0.15, 0.2) is 44.8 Å². The van der Waals surface area contributed by atoms with E-state index in [4.69, 9.17) is 20.7 Å². The molecule has 3 aromatic rings. The molecule has 0 radical (unpaired) electrons. The zero-order valence-electron chi connectivity index (χ0n) is 13.6. The van der Waals surface area contributed by atoms with Crippen LogP contribution >= 0.6 is 11.8 Å². The lowest BCUT2D eigenvalue weighted by Gasteiger charge is -2.01. The SMILES string of the molecule is COc1ccc(-[n+]2[nH]oc(=O)c2C(=O)CSc2nc(N)cc(N)n2)cc1. The van der Waals surface area contributed by atoms with E-state index in [1.807, 2.05) is 0 Å². The number of aromatic amines is 1.